The van der Waals surface area contributed by atoms with E-state index in [0.29, 0.717) is 11.4 Å². The van der Waals surface area contributed by atoms with E-state index in [0.717, 1.165) is 0 Å². The van der Waals surface area contributed by atoms with E-state index >= 15 is 0 Å². The summed E-state index contributed by atoms with van der Waals surface area (Å²) >= 11 is 0. The molecule has 0 aliphatic carbocycles. The van der Waals surface area contributed by atoms with Gasteiger partial charge in [0.1, 0.15) is 0 Å². The summed E-state index contributed by atoms with van der Waals surface area (Å²) in [5.41, 5.74) is 0.394. The molecule has 2 aromatic rings. The molecule has 0 radical (unpaired) electrons. The monoisotopic (exact) mass is 313 g/mol. The molecule has 1 amide bonds. The number of carbonyl (C=O) groups excluding carboxylic acids is 1. The summed E-state index contributed by atoms with van der Waals surface area (Å²) in [6, 6.07) is 15.1. The van der Waals surface area contributed by atoms with Crippen LogP contribution in [0.2, 0.25) is 0 Å². The maximum Gasteiger partial charge on any atom is 0.269 e. The van der Waals surface area contributed by atoms with E-state index in [9.17, 15) is 14.9 Å². The lowest BCUT2D eigenvalue weighted by Gasteiger charge is -2.26. The number of hydroxylamine groups is 1. The summed E-state index contributed by atoms with van der Waals surface area (Å²) in [5, 5.41) is 15.0. The SMILES string of the molecule is C[C@]1(Nc2ccc([N+](=O)[O-])cc2)CC(=O)N(c2ccccc2)O1. The second-order valence-electron chi connectivity index (χ2n) is 5.45. The predicted octanol–water partition coefficient (Wildman–Crippen LogP) is 3.09. The third kappa shape index (κ3) is 3.14. The summed E-state index contributed by atoms with van der Waals surface area (Å²) < 4.78 is 0. The summed E-state index contributed by atoms with van der Waals surface area (Å²) in [7, 11) is 0. The molecule has 1 heterocycles. The van der Waals surface area contributed by atoms with Gasteiger partial charge in [-0.3, -0.25) is 14.9 Å². The van der Waals surface area contributed by atoms with E-state index in [1.54, 1.807) is 31.2 Å². The molecule has 1 aliphatic rings. The van der Waals surface area contributed by atoms with Gasteiger partial charge in [0.15, 0.2) is 5.72 Å². The maximum absolute atomic E-state index is 12.2. The second kappa shape index (κ2) is 5.69. The Kier molecular flexibility index (Phi) is 3.71. The number of anilines is 2. The highest BCUT2D eigenvalue weighted by molar-refractivity contribution is 5.94. The maximum atomic E-state index is 12.2. The molecule has 2 aromatic carbocycles. The molecular formula is C16H15N3O4. The van der Waals surface area contributed by atoms with Gasteiger partial charge in [0.25, 0.3) is 11.6 Å². The Morgan fingerprint density at radius 1 is 1.17 bits per heavy atom. The van der Waals surface area contributed by atoms with E-state index in [1.807, 2.05) is 18.2 Å². The van der Waals surface area contributed by atoms with Crippen LogP contribution in [0.3, 0.4) is 0 Å². The quantitative estimate of drug-likeness (QED) is 0.692. The van der Waals surface area contributed by atoms with Crippen molar-refractivity contribution in [3.05, 3.63) is 64.7 Å². The van der Waals surface area contributed by atoms with Crippen LogP contribution in [0.25, 0.3) is 0 Å². The Bertz CT molecular complexity index is 733. The van der Waals surface area contributed by atoms with Gasteiger partial charge in [-0.1, -0.05) is 18.2 Å². The molecule has 23 heavy (non-hydrogen) atoms. The van der Waals surface area contributed by atoms with Gasteiger partial charge in [-0.05, 0) is 31.2 Å². The summed E-state index contributed by atoms with van der Waals surface area (Å²) in [4.78, 5) is 28.2. The molecule has 3 rings (SSSR count). The Labute approximate surface area is 132 Å². The first-order valence-electron chi connectivity index (χ1n) is 7.07. The van der Waals surface area contributed by atoms with Crippen LogP contribution in [-0.4, -0.2) is 16.6 Å². The largest absolute Gasteiger partial charge is 0.355 e. The highest BCUT2D eigenvalue weighted by atomic mass is 16.7. The van der Waals surface area contributed by atoms with Crippen molar-refractivity contribution >= 4 is 23.0 Å². The number of hydrogen-bond donors (Lipinski definition) is 1. The number of amides is 1. The minimum Gasteiger partial charge on any atom is -0.355 e. The number of para-hydroxylation sites is 1. The van der Waals surface area contributed by atoms with Crippen LogP contribution in [0.4, 0.5) is 17.1 Å². The lowest BCUT2D eigenvalue weighted by atomic mass is 10.1. The van der Waals surface area contributed by atoms with Gasteiger partial charge in [-0.15, -0.1) is 0 Å². The van der Waals surface area contributed by atoms with Crippen LogP contribution < -0.4 is 10.4 Å². The molecule has 0 bridgehead atoms. The van der Waals surface area contributed by atoms with Gasteiger partial charge in [0.2, 0.25) is 0 Å². The van der Waals surface area contributed by atoms with E-state index in [-0.39, 0.29) is 18.0 Å². The second-order valence-corrected chi connectivity index (χ2v) is 5.45. The average molecular weight is 313 g/mol. The first kappa shape index (κ1) is 15.0. The highest BCUT2D eigenvalue weighted by Crippen LogP contribution is 2.32. The molecule has 1 atom stereocenters. The zero-order chi connectivity index (χ0) is 16.4. The minimum atomic E-state index is -0.914. The van der Waals surface area contributed by atoms with Crippen molar-refractivity contribution in [3.63, 3.8) is 0 Å². The number of hydrogen-bond acceptors (Lipinski definition) is 5. The molecular weight excluding hydrogens is 298 g/mol. The Balaban J connectivity index is 1.75. The van der Waals surface area contributed by atoms with Crippen molar-refractivity contribution in [1.82, 2.24) is 0 Å². The van der Waals surface area contributed by atoms with Crippen molar-refractivity contribution in [2.24, 2.45) is 0 Å². The van der Waals surface area contributed by atoms with E-state index in [4.69, 9.17) is 4.84 Å². The molecule has 7 heteroatoms. The van der Waals surface area contributed by atoms with Gasteiger partial charge >= 0.3 is 0 Å². The third-order valence-corrected chi connectivity index (χ3v) is 3.49. The molecule has 0 aromatic heterocycles. The molecule has 118 valence electrons. The van der Waals surface area contributed by atoms with Crippen LogP contribution in [-0.2, 0) is 9.63 Å². The molecule has 0 saturated carbocycles. The van der Waals surface area contributed by atoms with Gasteiger partial charge in [-0.2, -0.15) is 5.06 Å². The Morgan fingerprint density at radius 2 is 1.83 bits per heavy atom. The Morgan fingerprint density at radius 3 is 2.43 bits per heavy atom. The first-order valence-corrected chi connectivity index (χ1v) is 7.07. The minimum absolute atomic E-state index is 0.00929. The van der Waals surface area contributed by atoms with Gasteiger partial charge in [-0.25, -0.2) is 4.84 Å². The highest BCUT2D eigenvalue weighted by Gasteiger charge is 2.42. The number of carbonyl (C=O) groups is 1. The average Bonchev–Trinajstić information content (AvgIpc) is 2.83. The van der Waals surface area contributed by atoms with E-state index in [2.05, 4.69) is 5.32 Å². The topological polar surface area (TPSA) is 84.7 Å². The standard InChI is InChI=1S/C16H15N3O4/c1-16(17-12-7-9-14(10-8-12)19(21)22)11-15(20)18(23-16)13-5-3-2-4-6-13/h2-10,17H,11H2,1H3/t16-/m1/s1. The molecule has 0 spiro atoms. The van der Waals surface area contributed by atoms with Crippen LogP contribution >= 0.6 is 0 Å². The number of nitrogens with zero attached hydrogens (tertiary/aromatic N) is 2. The number of benzene rings is 2. The van der Waals surface area contributed by atoms with Gasteiger partial charge < -0.3 is 5.32 Å². The van der Waals surface area contributed by atoms with Crippen LogP contribution in [0.1, 0.15) is 13.3 Å². The normalized spacial score (nSPS) is 20.6. The van der Waals surface area contributed by atoms with Crippen molar-refractivity contribution in [2.45, 2.75) is 19.1 Å². The van der Waals surface area contributed by atoms with E-state index in [1.165, 1.54) is 17.2 Å². The lowest BCUT2D eigenvalue weighted by molar-refractivity contribution is -0.384. The zero-order valence-corrected chi connectivity index (χ0v) is 12.4. The molecule has 1 N–H and O–H groups in total. The summed E-state index contributed by atoms with van der Waals surface area (Å²) in [5.74, 6) is -0.159. The smallest absolute Gasteiger partial charge is 0.269 e. The molecule has 1 aliphatic heterocycles. The summed E-state index contributed by atoms with van der Waals surface area (Å²) in [6.07, 6.45) is 0.152. The number of nitrogens with one attached hydrogen (secondary N) is 1. The van der Waals surface area contributed by atoms with Crippen molar-refractivity contribution in [2.75, 3.05) is 10.4 Å². The van der Waals surface area contributed by atoms with E-state index < -0.39 is 10.6 Å². The number of nitro groups is 1. The molecule has 1 saturated heterocycles. The lowest BCUT2D eigenvalue weighted by Crippen LogP contribution is -2.35. The Hall–Kier alpha value is -2.93. The van der Waals surface area contributed by atoms with Crippen molar-refractivity contribution in [3.8, 4) is 0 Å². The zero-order valence-electron chi connectivity index (χ0n) is 12.4. The summed E-state index contributed by atoms with van der Waals surface area (Å²) in [6.45, 7) is 1.76. The van der Waals surface area contributed by atoms with Crippen molar-refractivity contribution in [1.29, 1.82) is 0 Å². The van der Waals surface area contributed by atoms with Crippen LogP contribution in [0.5, 0.6) is 0 Å². The van der Waals surface area contributed by atoms with Crippen LogP contribution in [0, 0.1) is 10.1 Å². The van der Waals surface area contributed by atoms with Crippen molar-refractivity contribution < 1.29 is 14.6 Å². The number of rotatable bonds is 4. The molecule has 0 unspecified atom stereocenters. The number of non-ortho nitro benzene ring substituents is 1. The molecule has 7 nitrogen and oxygen atoms in total. The van der Waals surface area contributed by atoms with Gasteiger partial charge in [0.05, 0.1) is 17.0 Å². The third-order valence-electron chi connectivity index (χ3n) is 3.49. The fraction of sp³-hybridized carbons (Fsp3) is 0.188. The predicted molar refractivity (Wildman–Crippen MR) is 84.8 cm³/mol. The molecule has 1 fully saturated rings. The van der Waals surface area contributed by atoms with Gasteiger partial charge in [0, 0.05) is 17.8 Å². The first-order chi connectivity index (χ1) is 11.0. The van der Waals surface area contributed by atoms with Crippen LogP contribution in [0.15, 0.2) is 54.6 Å². The fourth-order valence-corrected chi connectivity index (χ4v) is 2.44. The fourth-order valence-electron chi connectivity index (χ4n) is 2.44. The number of nitro benzene ring substituents is 1.